The second-order valence-electron chi connectivity index (χ2n) is 7.33. The molecule has 7 nitrogen and oxygen atoms in total. The van der Waals surface area contributed by atoms with E-state index in [-0.39, 0.29) is 29.6 Å². The van der Waals surface area contributed by atoms with Crippen molar-refractivity contribution in [2.24, 2.45) is 0 Å². The van der Waals surface area contributed by atoms with Gasteiger partial charge in [-0.25, -0.2) is 9.97 Å². The van der Waals surface area contributed by atoms with E-state index in [1.807, 2.05) is 36.4 Å². The number of aromatic nitrogens is 2. The first kappa shape index (κ1) is 20.4. The van der Waals surface area contributed by atoms with Crippen LogP contribution in [-0.2, 0) is 0 Å². The Labute approximate surface area is 180 Å². The van der Waals surface area contributed by atoms with E-state index in [1.165, 1.54) is 12.4 Å². The highest BCUT2D eigenvalue weighted by Gasteiger charge is 2.25. The van der Waals surface area contributed by atoms with Crippen molar-refractivity contribution in [3.63, 3.8) is 0 Å². The van der Waals surface area contributed by atoms with Gasteiger partial charge in [0.05, 0.1) is 0 Å². The van der Waals surface area contributed by atoms with Crippen LogP contribution < -0.4 is 14.8 Å². The highest BCUT2D eigenvalue weighted by Crippen LogP contribution is 2.25. The second-order valence-corrected chi connectivity index (χ2v) is 7.33. The van der Waals surface area contributed by atoms with Gasteiger partial charge in [0.25, 0.3) is 11.8 Å². The number of carbonyl (C=O) groups excluding carboxylic acids is 1. The lowest BCUT2D eigenvalue weighted by molar-refractivity contribution is 0.0889. The molecule has 4 rings (SSSR count). The first-order chi connectivity index (χ1) is 15.2. The third-order valence-corrected chi connectivity index (χ3v) is 5.15. The maximum Gasteiger partial charge on any atom is 0.251 e. The van der Waals surface area contributed by atoms with Crippen molar-refractivity contribution >= 4 is 5.91 Å². The summed E-state index contributed by atoms with van der Waals surface area (Å²) in [6.07, 6.45) is 6.09. The van der Waals surface area contributed by atoms with E-state index in [0.29, 0.717) is 11.3 Å². The lowest BCUT2D eigenvalue weighted by Gasteiger charge is -2.29. The first-order valence-electron chi connectivity index (χ1n) is 10.2. The molecule has 2 aromatic carbocycles. The van der Waals surface area contributed by atoms with Gasteiger partial charge in [-0.3, -0.25) is 4.79 Å². The molecule has 1 aromatic heterocycles. The quantitative estimate of drug-likeness (QED) is 0.647. The van der Waals surface area contributed by atoms with Crippen LogP contribution in [-0.4, -0.2) is 28.0 Å². The largest absolute Gasteiger partial charge is 0.472 e. The summed E-state index contributed by atoms with van der Waals surface area (Å²) in [7, 11) is 0. The van der Waals surface area contributed by atoms with Gasteiger partial charge in [0.1, 0.15) is 23.7 Å². The van der Waals surface area contributed by atoms with Crippen LogP contribution in [0, 0.1) is 11.3 Å². The predicted molar refractivity (Wildman–Crippen MR) is 114 cm³/mol. The van der Waals surface area contributed by atoms with E-state index < -0.39 is 0 Å². The van der Waals surface area contributed by atoms with Crippen LogP contribution in [0.5, 0.6) is 17.4 Å². The smallest absolute Gasteiger partial charge is 0.251 e. The van der Waals surface area contributed by atoms with E-state index in [9.17, 15) is 4.79 Å². The van der Waals surface area contributed by atoms with Crippen LogP contribution in [0.2, 0.25) is 0 Å². The molecule has 0 saturated heterocycles. The van der Waals surface area contributed by atoms with Crippen molar-refractivity contribution in [3.8, 4) is 23.4 Å². The SMILES string of the molecule is N#Cc1nccnc1OC1CCC(NC(=O)c2ccc(Oc3ccccc3)cc2)CC1. The van der Waals surface area contributed by atoms with Crippen LogP contribution in [0.1, 0.15) is 41.7 Å². The molecular formula is C24H22N4O3. The lowest BCUT2D eigenvalue weighted by atomic mass is 9.92. The number of hydrogen-bond acceptors (Lipinski definition) is 6. The van der Waals surface area contributed by atoms with Crippen LogP contribution in [0.25, 0.3) is 0 Å². The number of rotatable bonds is 6. The number of para-hydroxylation sites is 1. The number of nitrogens with one attached hydrogen (secondary N) is 1. The predicted octanol–water partition coefficient (Wildman–Crippen LogP) is 4.26. The molecule has 1 amide bonds. The Morgan fingerprint density at radius 1 is 0.935 bits per heavy atom. The number of amides is 1. The number of nitriles is 1. The van der Waals surface area contributed by atoms with Crippen molar-refractivity contribution < 1.29 is 14.3 Å². The molecule has 0 atom stereocenters. The van der Waals surface area contributed by atoms with Crippen molar-refractivity contribution in [2.45, 2.75) is 37.8 Å². The lowest BCUT2D eigenvalue weighted by Crippen LogP contribution is -2.39. The summed E-state index contributed by atoms with van der Waals surface area (Å²) in [5, 5.41) is 12.2. The molecule has 1 heterocycles. The number of benzene rings is 2. The molecule has 1 saturated carbocycles. The molecule has 3 aromatic rings. The molecule has 0 spiro atoms. The van der Waals surface area contributed by atoms with Crippen LogP contribution in [0.3, 0.4) is 0 Å². The molecule has 0 bridgehead atoms. The number of ether oxygens (including phenoxy) is 2. The van der Waals surface area contributed by atoms with Crippen LogP contribution >= 0.6 is 0 Å². The molecule has 0 aliphatic heterocycles. The zero-order valence-corrected chi connectivity index (χ0v) is 16.9. The summed E-state index contributed by atoms with van der Waals surface area (Å²) in [6.45, 7) is 0. The molecule has 1 N–H and O–H groups in total. The summed E-state index contributed by atoms with van der Waals surface area (Å²) >= 11 is 0. The second kappa shape index (κ2) is 9.72. The van der Waals surface area contributed by atoms with E-state index in [0.717, 1.165) is 31.4 Å². The van der Waals surface area contributed by atoms with Gasteiger partial charge >= 0.3 is 0 Å². The highest BCUT2D eigenvalue weighted by atomic mass is 16.5. The van der Waals surface area contributed by atoms with E-state index in [4.69, 9.17) is 14.7 Å². The maximum atomic E-state index is 12.6. The standard InChI is InChI=1S/C24H22N4O3/c25-16-22-24(27-15-14-26-22)31-21-12-8-18(9-13-21)28-23(29)17-6-10-20(11-7-17)30-19-4-2-1-3-5-19/h1-7,10-11,14-15,18,21H,8-9,12-13H2,(H,28,29). The average molecular weight is 414 g/mol. The molecule has 156 valence electrons. The highest BCUT2D eigenvalue weighted by molar-refractivity contribution is 5.94. The Morgan fingerprint density at radius 2 is 1.61 bits per heavy atom. The van der Waals surface area contributed by atoms with Crippen molar-refractivity contribution in [2.75, 3.05) is 0 Å². The maximum absolute atomic E-state index is 12.6. The van der Waals surface area contributed by atoms with Gasteiger partial charge in [-0.05, 0) is 62.1 Å². The van der Waals surface area contributed by atoms with E-state index in [1.54, 1.807) is 24.3 Å². The topological polar surface area (TPSA) is 97.1 Å². The van der Waals surface area contributed by atoms with Crippen molar-refractivity contribution in [3.05, 3.63) is 78.2 Å². The molecule has 1 aliphatic rings. The van der Waals surface area contributed by atoms with Crippen LogP contribution in [0.4, 0.5) is 0 Å². The Morgan fingerprint density at radius 3 is 2.32 bits per heavy atom. The summed E-state index contributed by atoms with van der Waals surface area (Å²) < 4.78 is 11.6. The van der Waals surface area contributed by atoms with Crippen molar-refractivity contribution in [1.82, 2.24) is 15.3 Å². The minimum atomic E-state index is -0.101. The monoisotopic (exact) mass is 414 g/mol. The van der Waals surface area contributed by atoms with Crippen molar-refractivity contribution in [1.29, 1.82) is 5.26 Å². The minimum absolute atomic E-state index is 0.0358. The molecular weight excluding hydrogens is 392 g/mol. The summed E-state index contributed by atoms with van der Waals surface area (Å²) in [6, 6.07) is 18.7. The third kappa shape index (κ3) is 5.37. The van der Waals surface area contributed by atoms with Gasteiger partial charge < -0.3 is 14.8 Å². The Balaban J connectivity index is 1.26. The molecule has 1 fully saturated rings. The van der Waals surface area contributed by atoms with Gasteiger partial charge in [0.2, 0.25) is 5.69 Å². The molecule has 7 heteroatoms. The number of nitrogens with zero attached hydrogens (tertiary/aromatic N) is 3. The minimum Gasteiger partial charge on any atom is -0.472 e. The average Bonchev–Trinajstić information content (AvgIpc) is 2.82. The first-order valence-corrected chi connectivity index (χ1v) is 10.2. The Hall–Kier alpha value is -3.92. The molecule has 1 aliphatic carbocycles. The van der Waals surface area contributed by atoms with Gasteiger partial charge in [-0.15, -0.1) is 0 Å². The van der Waals surface area contributed by atoms with Gasteiger partial charge in [-0.1, -0.05) is 18.2 Å². The van der Waals surface area contributed by atoms with Crippen LogP contribution in [0.15, 0.2) is 67.0 Å². The number of hydrogen-bond donors (Lipinski definition) is 1. The fourth-order valence-electron chi connectivity index (χ4n) is 3.54. The number of carbonyl (C=O) groups is 1. The van der Waals surface area contributed by atoms with E-state index >= 15 is 0 Å². The summed E-state index contributed by atoms with van der Waals surface area (Å²) in [4.78, 5) is 20.7. The molecule has 0 unspecified atom stereocenters. The van der Waals surface area contributed by atoms with Gasteiger partial charge in [0, 0.05) is 24.0 Å². The third-order valence-electron chi connectivity index (χ3n) is 5.15. The molecule has 0 radical (unpaired) electrons. The zero-order valence-electron chi connectivity index (χ0n) is 16.9. The normalized spacial score (nSPS) is 17.9. The fraction of sp³-hybridized carbons (Fsp3) is 0.250. The van der Waals surface area contributed by atoms with Gasteiger partial charge in [0.15, 0.2) is 0 Å². The Bertz CT molecular complexity index is 1060. The van der Waals surface area contributed by atoms with E-state index in [2.05, 4.69) is 15.3 Å². The summed E-state index contributed by atoms with van der Waals surface area (Å²) in [5.41, 5.74) is 0.787. The van der Waals surface area contributed by atoms with Gasteiger partial charge in [-0.2, -0.15) is 5.26 Å². The summed E-state index contributed by atoms with van der Waals surface area (Å²) in [5.74, 6) is 1.61. The Kier molecular flexibility index (Phi) is 6.38. The fourth-order valence-corrected chi connectivity index (χ4v) is 3.54. The zero-order chi connectivity index (χ0) is 21.5. The molecule has 31 heavy (non-hydrogen) atoms.